The van der Waals surface area contributed by atoms with E-state index in [4.69, 9.17) is 23.2 Å². The molecule has 0 saturated heterocycles. The van der Waals surface area contributed by atoms with Crippen LogP contribution in [0, 0.1) is 0 Å². The number of thioether (sulfide) groups is 1. The van der Waals surface area contributed by atoms with Crippen LogP contribution in [0.4, 0.5) is 13.2 Å². The number of rotatable bonds is 6. The van der Waals surface area contributed by atoms with Crippen LogP contribution in [0.25, 0.3) is 11.4 Å². The van der Waals surface area contributed by atoms with E-state index < -0.39 is 11.7 Å². The first-order valence-electron chi connectivity index (χ1n) is 9.95. The molecule has 0 saturated carbocycles. The van der Waals surface area contributed by atoms with Crippen molar-refractivity contribution in [3.63, 3.8) is 0 Å². The average Bonchev–Trinajstić information content (AvgIpc) is 3.15. The van der Waals surface area contributed by atoms with Crippen LogP contribution in [0.5, 0.6) is 0 Å². The fourth-order valence-corrected chi connectivity index (χ4v) is 4.65. The SMILES string of the molecule is Cn1c(SCc2cccc(C(F)(F)F)c2)nnc1-c1cccn(Cc2ccc(Cl)cc2Cl)c1=O. The van der Waals surface area contributed by atoms with Crippen molar-refractivity contribution >= 4 is 35.0 Å². The Labute approximate surface area is 207 Å². The molecule has 0 radical (unpaired) electrons. The van der Waals surface area contributed by atoms with Crippen LogP contribution in [0.3, 0.4) is 0 Å². The summed E-state index contributed by atoms with van der Waals surface area (Å²) in [5, 5.41) is 9.71. The molecule has 0 aliphatic carbocycles. The summed E-state index contributed by atoms with van der Waals surface area (Å²) in [5.41, 5.74) is 0.605. The van der Waals surface area contributed by atoms with E-state index in [2.05, 4.69) is 10.2 Å². The van der Waals surface area contributed by atoms with Crippen molar-refractivity contribution in [2.75, 3.05) is 0 Å². The van der Waals surface area contributed by atoms with Gasteiger partial charge in [-0.15, -0.1) is 10.2 Å². The lowest BCUT2D eigenvalue weighted by atomic mass is 10.1. The molecule has 0 unspecified atom stereocenters. The third-order valence-corrected chi connectivity index (χ3v) is 6.75. The van der Waals surface area contributed by atoms with Crippen LogP contribution >= 0.6 is 35.0 Å². The Hall–Kier alpha value is -2.75. The average molecular weight is 525 g/mol. The zero-order valence-corrected chi connectivity index (χ0v) is 20.0. The summed E-state index contributed by atoms with van der Waals surface area (Å²) < 4.78 is 42.0. The molecule has 5 nitrogen and oxygen atoms in total. The number of nitrogens with zero attached hydrogens (tertiary/aromatic N) is 4. The van der Waals surface area contributed by atoms with Gasteiger partial charge < -0.3 is 9.13 Å². The maximum Gasteiger partial charge on any atom is 0.416 e. The van der Waals surface area contributed by atoms with E-state index in [0.717, 1.165) is 17.7 Å². The molecular weight excluding hydrogens is 508 g/mol. The molecule has 0 N–H and O–H groups in total. The van der Waals surface area contributed by atoms with Crippen LogP contribution in [-0.4, -0.2) is 19.3 Å². The monoisotopic (exact) mass is 524 g/mol. The first-order chi connectivity index (χ1) is 16.1. The van der Waals surface area contributed by atoms with Gasteiger partial charge in [0.25, 0.3) is 5.56 Å². The highest BCUT2D eigenvalue weighted by molar-refractivity contribution is 7.98. The second-order valence-electron chi connectivity index (χ2n) is 7.44. The molecule has 0 atom stereocenters. The summed E-state index contributed by atoms with van der Waals surface area (Å²) in [6.07, 6.45) is -2.75. The number of alkyl halides is 3. The molecule has 4 aromatic rings. The van der Waals surface area contributed by atoms with Gasteiger partial charge in [0, 0.05) is 29.0 Å². The highest BCUT2D eigenvalue weighted by atomic mass is 35.5. The van der Waals surface area contributed by atoms with E-state index in [1.54, 1.807) is 54.2 Å². The number of pyridine rings is 1. The summed E-state index contributed by atoms with van der Waals surface area (Å²) in [4.78, 5) is 13.1. The highest BCUT2D eigenvalue weighted by Gasteiger charge is 2.30. The van der Waals surface area contributed by atoms with Gasteiger partial charge in [0.05, 0.1) is 17.7 Å². The van der Waals surface area contributed by atoms with E-state index in [-0.39, 0.29) is 17.9 Å². The number of halogens is 5. The van der Waals surface area contributed by atoms with Gasteiger partial charge in [-0.3, -0.25) is 4.79 Å². The number of hydrogen-bond donors (Lipinski definition) is 0. The van der Waals surface area contributed by atoms with Crippen molar-refractivity contribution in [1.29, 1.82) is 0 Å². The lowest BCUT2D eigenvalue weighted by molar-refractivity contribution is -0.137. The molecule has 11 heteroatoms. The van der Waals surface area contributed by atoms with Crippen molar-refractivity contribution in [1.82, 2.24) is 19.3 Å². The second-order valence-corrected chi connectivity index (χ2v) is 9.23. The Morgan fingerprint density at radius 2 is 1.82 bits per heavy atom. The van der Waals surface area contributed by atoms with Gasteiger partial charge in [0.15, 0.2) is 11.0 Å². The molecule has 0 bridgehead atoms. The lowest BCUT2D eigenvalue weighted by Gasteiger charge is -2.10. The van der Waals surface area contributed by atoms with Crippen molar-refractivity contribution < 1.29 is 13.2 Å². The number of hydrogen-bond acceptors (Lipinski definition) is 4. The van der Waals surface area contributed by atoms with Gasteiger partial charge in [-0.05, 0) is 41.5 Å². The Morgan fingerprint density at radius 3 is 2.56 bits per heavy atom. The molecule has 0 fully saturated rings. The van der Waals surface area contributed by atoms with Gasteiger partial charge >= 0.3 is 6.18 Å². The van der Waals surface area contributed by atoms with Gasteiger partial charge in [-0.1, -0.05) is 59.2 Å². The zero-order valence-electron chi connectivity index (χ0n) is 17.7. The van der Waals surface area contributed by atoms with Crippen molar-refractivity contribution in [2.24, 2.45) is 7.05 Å². The Kier molecular flexibility index (Phi) is 7.06. The fourth-order valence-electron chi connectivity index (χ4n) is 3.33. The summed E-state index contributed by atoms with van der Waals surface area (Å²) in [5.74, 6) is 0.623. The normalized spacial score (nSPS) is 11.7. The van der Waals surface area contributed by atoms with Crippen molar-refractivity contribution in [3.05, 3.63) is 97.9 Å². The lowest BCUT2D eigenvalue weighted by Crippen LogP contribution is -2.22. The van der Waals surface area contributed by atoms with Crippen LogP contribution in [0.2, 0.25) is 10.0 Å². The van der Waals surface area contributed by atoms with Crippen LogP contribution in [-0.2, 0) is 25.5 Å². The molecule has 0 aliphatic rings. The maximum atomic E-state index is 13.1. The summed E-state index contributed by atoms with van der Waals surface area (Å²) in [6.45, 7) is 0.248. The largest absolute Gasteiger partial charge is 0.416 e. The molecule has 4 rings (SSSR count). The van der Waals surface area contributed by atoms with Crippen molar-refractivity contribution in [3.8, 4) is 11.4 Å². The number of aromatic nitrogens is 4. The van der Waals surface area contributed by atoms with E-state index in [0.29, 0.717) is 32.2 Å². The molecule has 2 aromatic heterocycles. The molecule has 34 heavy (non-hydrogen) atoms. The van der Waals surface area contributed by atoms with Crippen molar-refractivity contribution in [2.45, 2.75) is 23.6 Å². The minimum atomic E-state index is -4.40. The standard InChI is InChI=1S/C23H17Cl2F3N4OS/c1-31-20(29-30-22(31)34-13-14-4-2-5-16(10-14)23(26,27)28)18-6-3-9-32(21(18)33)12-15-7-8-17(24)11-19(15)25/h2-11H,12-13H2,1H3. The van der Waals surface area contributed by atoms with Gasteiger partial charge in [0.2, 0.25) is 0 Å². The van der Waals surface area contributed by atoms with Gasteiger partial charge in [0.1, 0.15) is 0 Å². The molecular formula is C23H17Cl2F3N4OS. The van der Waals surface area contributed by atoms with E-state index in [1.807, 2.05) is 0 Å². The molecule has 0 amide bonds. The molecule has 176 valence electrons. The summed E-state index contributed by atoms with van der Waals surface area (Å²) in [7, 11) is 1.71. The topological polar surface area (TPSA) is 52.7 Å². The highest BCUT2D eigenvalue weighted by Crippen LogP contribution is 2.31. The minimum absolute atomic E-state index is 0.248. The molecule has 0 aliphatic heterocycles. The predicted molar refractivity (Wildman–Crippen MR) is 127 cm³/mol. The number of benzene rings is 2. The summed E-state index contributed by atoms with van der Waals surface area (Å²) in [6, 6.07) is 13.6. The minimum Gasteiger partial charge on any atom is -0.310 e. The smallest absolute Gasteiger partial charge is 0.310 e. The predicted octanol–water partition coefficient (Wildman–Crippen LogP) is 6.31. The third-order valence-electron chi connectivity index (χ3n) is 5.07. The van der Waals surface area contributed by atoms with E-state index in [1.165, 1.54) is 22.4 Å². The molecule has 2 aromatic carbocycles. The molecule has 0 spiro atoms. The Balaban J connectivity index is 1.56. The van der Waals surface area contributed by atoms with E-state index in [9.17, 15) is 18.0 Å². The Morgan fingerprint density at radius 1 is 1.03 bits per heavy atom. The van der Waals surface area contributed by atoms with Crippen LogP contribution in [0.15, 0.2) is 70.7 Å². The maximum absolute atomic E-state index is 13.1. The van der Waals surface area contributed by atoms with Crippen LogP contribution < -0.4 is 5.56 Å². The first-order valence-corrected chi connectivity index (χ1v) is 11.7. The fraction of sp³-hybridized carbons (Fsp3) is 0.174. The molecule has 2 heterocycles. The van der Waals surface area contributed by atoms with Gasteiger partial charge in [-0.25, -0.2) is 0 Å². The summed E-state index contributed by atoms with van der Waals surface area (Å²) >= 11 is 13.4. The second kappa shape index (κ2) is 9.85. The van der Waals surface area contributed by atoms with Crippen LogP contribution in [0.1, 0.15) is 16.7 Å². The first kappa shape index (κ1) is 24.4. The third kappa shape index (κ3) is 5.32. The Bertz CT molecular complexity index is 1400. The zero-order chi connectivity index (χ0) is 24.5. The van der Waals surface area contributed by atoms with Gasteiger partial charge in [-0.2, -0.15) is 13.2 Å². The quantitative estimate of drug-likeness (QED) is 0.277. The van der Waals surface area contributed by atoms with E-state index >= 15 is 0 Å².